The Hall–Kier alpha value is -3.86. The number of rotatable bonds is 2. The summed E-state index contributed by atoms with van der Waals surface area (Å²) in [4.78, 5) is 33.0. The van der Waals surface area contributed by atoms with Gasteiger partial charge in [-0.25, -0.2) is 14.3 Å². The second-order valence-electron chi connectivity index (χ2n) is 7.42. The number of aromatic nitrogens is 1. The number of anilines is 1. The van der Waals surface area contributed by atoms with Gasteiger partial charge in [0.1, 0.15) is 5.82 Å². The van der Waals surface area contributed by atoms with Crippen molar-refractivity contribution in [1.29, 1.82) is 0 Å². The van der Waals surface area contributed by atoms with Crippen LogP contribution < -0.4 is 4.90 Å². The molecular formula is C25H17FN2O2. The Morgan fingerprint density at radius 2 is 1.47 bits per heavy atom. The summed E-state index contributed by atoms with van der Waals surface area (Å²) in [5.41, 5.74) is 4.23. The molecule has 5 heteroatoms. The van der Waals surface area contributed by atoms with Crippen LogP contribution in [0.2, 0.25) is 0 Å². The molecule has 3 aromatic carbocycles. The summed E-state index contributed by atoms with van der Waals surface area (Å²) in [5.74, 6) is -1.38. The average molecular weight is 396 g/mol. The molecule has 0 fully saturated rings. The maximum atomic E-state index is 14.1. The second kappa shape index (κ2) is 6.59. The lowest BCUT2D eigenvalue weighted by molar-refractivity contribution is 0.0926. The fourth-order valence-electron chi connectivity index (χ4n) is 4.15. The summed E-state index contributed by atoms with van der Waals surface area (Å²) in [5, 5.41) is 0.344. The van der Waals surface area contributed by atoms with Gasteiger partial charge in [-0.3, -0.25) is 9.59 Å². The molecule has 4 nitrogen and oxygen atoms in total. The van der Waals surface area contributed by atoms with E-state index in [-0.39, 0.29) is 11.1 Å². The van der Waals surface area contributed by atoms with Crippen LogP contribution in [0.25, 0.3) is 22.2 Å². The van der Waals surface area contributed by atoms with Gasteiger partial charge in [-0.05, 0) is 43.2 Å². The molecule has 1 aliphatic rings. The van der Waals surface area contributed by atoms with Crippen molar-refractivity contribution in [2.75, 3.05) is 4.90 Å². The minimum absolute atomic E-state index is 0.200. The molecule has 0 bridgehead atoms. The normalized spacial score (nSPS) is 13.2. The highest BCUT2D eigenvalue weighted by Crippen LogP contribution is 2.40. The monoisotopic (exact) mass is 396 g/mol. The lowest BCUT2D eigenvalue weighted by Crippen LogP contribution is -2.30. The number of pyridine rings is 1. The number of fused-ring (bicyclic) bond motifs is 3. The molecule has 0 atom stereocenters. The van der Waals surface area contributed by atoms with Crippen molar-refractivity contribution < 1.29 is 14.0 Å². The van der Waals surface area contributed by atoms with E-state index < -0.39 is 17.6 Å². The van der Waals surface area contributed by atoms with E-state index in [2.05, 4.69) is 4.98 Å². The van der Waals surface area contributed by atoms with E-state index in [4.69, 9.17) is 0 Å². The highest BCUT2D eigenvalue weighted by molar-refractivity contribution is 6.39. The topological polar surface area (TPSA) is 50.3 Å². The Balaban J connectivity index is 1.86. The van der Waals surface area contributed by atoms with Crippen molar-refractivity contribution in [2.45, 2.75) is 13.8 Å². The van der Waals surface area contributed by atoms with Gasteiger partial charge < -0.3 is 0 Å². The summed E-state index contributed by atoms with van der Waals surface area (Å²) < 4.78 is 14.1. The molecule has 1 aliphatic heterocycles. The summed E-state index contributed by atoms with van der Waals surface area (Å²) >= 11 is 0. The van der Waals surface area contributed by atoms with Gasteiger partial charge in [0.2, 0.25) is 0 Å². The number of hydrogen-bond donors (Lipinski definition) is 0. The van der Waals surface area contributed by atoms with Crippen LogP contribution in [0.4, 0.5) is 10.1 Å². The zero-order valence-electron chi connectivity index (χ0n) is 16.4. The SMILES string of the molecule is Cc1cccc(C)c1N1C(=O)c2c(-c3ccccc3)nc3ccc(F)cc3c2C1=O. The van der Waals surface area contributed by atoms with E-state index in [1.807, 2.05) is 62.4 Å². The predicted octanol–water partition coefficient (Wildman–Crippen LogP) is 5.46. The quantitative estimate of drug-likeness (QED) is 0.423. The third-order valence-corrected chi connectivity index (χ3v) is 5.49. The number of para-hydroxylation sites is 1. The molecule has 0 spiro atoms. The van der Waals surface area contributed by atoms with Crippen LogP contribution in [0.5, 0.6) is 0 Å². The van der Waals surface area contributed by atoms with Crippen molar-refractivity contribution in [3.63, 3.8) is 0 Å². The number of nitrogens with zero attached hydrogens (tertiary/aromatic N) is 2. The van der Waals surface area contributed by atoms with E-state index in [9.17, 15) is 14.0 Å². The molecular weight excluding hydrogens is 379 g/mol. The number of carbonyl (C=O) groups is 2. The molecule has 0 radical (unpaired) electrons. The molecule has 0 aliphatic carbocycles. The third kappa shape index (κ3) is 2.55. The average Bonchev–Trinajstić information content (AvgIpc) is 3.00. The molecule has 30 heavy (non-hydrogen) atoms. The van der Waals surface area contributed by atoms with Crippen molar-refractivity contribution in [2.24, 2.45) is 0 Å². The minimum atomic E-state index is -0.482. The number of aryl methyl sites for hydroxylation is 2. The van der Waals surface area contributed by atoms with Gasteiger partial charge in [0.25, 0.3) is 11.8 Å². The van der Waals surface area contributed by atoms with Crippen LogP contribution in [0.1, 0.15) is 31.8 Å². The van der Waals surface area contributed by atoms with E-state index in [0.29, 0.717) is 22.3 Å². The number of benzene rings is 3. The predicted molar refractivity (Wildman–Crippen MR) is 114 cm³/mol. The van der Waals surface area contributed by atoms with Crippen LogP contribution in [0, 0.1) is 19.7 Å². The van der Waals surface area contributed by atoms with Gasteiger partial charge in [0.05, 0.1) is 28.0 Å². The van der Waals surface area contributed by atoms with E-state index in [1.54, 1.807) is 0 Å². The molecule has 146 valence electrons. The summed E-state index contributed by atoms with van der Waals surface area (Å²) in [6.07, 6.45) is 0. The number of halogens is 1. The van der Waals surface area contributed by atoms with Gasteiger partial charge in [0.15, 0.2) is 0 Å². The fourth-order valence-corrected chi connectivity index (χ4v) is 4.15. The lowest BCUT2D eigenvalue weighted by Gasteiger charge is -2.19. The van der Waals surface area contributed by atoms with Gasteiger partial charge in [-0.1, -0.05) is 48.5 Å². The molecule has 0 unspecified atom stereocenters. The van der Waals surface area contributed by atoms with Crippen LogP contribution in [0.3, 0.4) is 0 Å². The number of amides is 2. The third-order valence-electron chi connectivity index (χ3n) is 5.49. The molecule has 5 rings (SSSR count). The van der Waals surface area contributed by atoms with E-state index in [1.165, 1.54) is 23.1 Å². The highest BCUT2D eigenvalue weighted by atomic mass is 19.1. The standard InChI is InChI=1S/C25H17FN2O2/c1-14-7-6-8-15(2)23(14)28-24(29)20-18-13-17(26)11-12-19(18)27-22(21(20)25(28)30)16-9-4-3-5-10-16/h3-13H,1-2H3. The molecule has 2 heterocycles. The van der Waals surface area contributed by atoms with E-state index in [0.717, 1.165) is 16.7 Å². The Bertz CT molecular complexity index is 1340. The molecule has 0 saturated carbocycles. The summed E-state index contributed by atoms with van der Waals surface area (Å²) in [7, 11) is 0. The van der Waals surface area contributed by atoms with Crippen molar-refractivity contribution in [1.82, 2.24) is 4.98 Å². The summed E-state index contributed by atoms with van der Waals surface area (Å²) in [6.45, 7) is 3.72. The first-order valence-corrected chi connectivity index (χ1v) is 9.61. The molecule has 2 amide bonds. The highest BCUT2D eigenvalue weighted by Gasteiger charge is 2.42. The zero-order chi connectivity index (χ0) is 21.0. The number of imide groups is 1. The zero-order valence-corrected chi connectivity index (χ0v) is 16.4. The minimum Gasteiger partial charge on any atom is -0.268 e. The van der Waals surface area contributed by atoms with Crippen LogP contribution in [0.15, 0.2) is 66.7 Å². The Morgan fingerprint density at radius 1 is 0.800 bits per heavy atom. The summed E-state index contributed by atoms with van der Waals surface area (Å²) in [6, 6.07) is 19.0. The lowest BCUT2D eigenvalue weighted by atomic mass is 9.98. The molecule has 4 aromatic rings. The second-order valence-corrected chi connectivity index (χ2v) is 7.42. The van der Waals surface area contributed by atoms with Crippen LogP contribution >= 0.6 is 0 Å². The van der Waals surface area contributed by atoms with Gasteiger partial charge in [0, 0.05) is 10.9 Å². The van der Waals surface area contributed by atoms with E-state index >= 15 is 0 Å². The first kappa shape index (κ1) is 18.2. The fraction of sp³-hybridized carbons (Fsp3) is 0.0800. The smallest absolute Gasteiger partial charge is 0.268 e. The van der Waals surface area contributed by atoms with Crippen molar-refractivity contribution in [3.8, 4) is 11.3 Å². The first-order valence-electron chi connectivity index (χ1n) is 9.61. The Morgan fingerprint density at radius 3 is 2.17 bits per heavy atom. The largest absolute Gasteiger partial charge is 0.268 e. The Kier molecular flexibility index (Phi) is 4.00. The first-order chi connectivity index (χ1) is 14.5. The number of hydrogen-bond acceptors (Lipinski definition) is 3. The van der Waals surface area contributed by atoms with Gasteiger partial charge >= 0.3 is 0 Å². The van der Waals surface area contributed by atoms with Crippen molar-refractivity contribution in [3.05, 3.63) is 94.8 Å². The maximum absolute atomic E-state index is 14.1. The van der Waals surface area contributed by atoms with Crippen LogP contribution in [-0.2, 0) is 0 Å². The maximum Gasteiger partial charge on any atom is 0.268 e. The van der Waals surface area contributed by atoms with Gasteiger partial charge in [-0.15, -0.1) is 0 Å². The molecule has 0 N–H and O–H groups in total. The molecule has 1 aromatic heterocycles. The van der Waals surface area contributed by atoms with Crippen molar-refractivity contribution >= 4 is 28.4 Å². The number of carbonyl (C=O) groups excluding carboxylic acids is 2. The van der Waals surface area contributed by atoms with Gasteiger partial charge in [-0.2, -0.15) is 0 Å². The Labute approximate surface area is 172 Å². The molecule has 0 saturated heterocycles. The van der Waals surface area contributed by atoms with Crippen LogP contribution in [-0.4, -0.2) is 16.8 Å².